The highest BCUT2D eigenvalue weighted by Crippen LogP contribution is 2.05. The third-order valence-corrected chi connectivity index (χ3v) is 2.83. The van der Waals surface area contributed by atoms with E-state index in [2.05, 4.69) is 4.74 Å². The molecule has 0 amide bonds. The van der Waals surface area contributed by atoms with Crippen LogP contribution in [0.15, 0.2) is 97.1 Å². The summed E-state index contributed by atoms with van der Waals surface area (Å²) in [5, 5.41) is 0. The molecular formula is C27H40O3. The van der Waals surface area contributed by atoms with Gasteiger partial charge in [0.2, 0.25) is 0 Å². The van der Waals surface area contributed by atoms with Gasteiger partial charge in [0.15, 0.2) is 5.78 Å². The SMILES string of the molecule is CC.CC.CC(=O)c1ccccc1.COC.COc1ccccc1.c1ccccc1. The molecule has 0 saturated carbocycles. The molecule has 3 nitrogen and oxygen atoms in total. The van der Waals surface area contributed by atoms with Crippen LogP contribution in [0.1, 0.15) is 45.0 Å². The minimum atomic E-state index is 0.121. The monoisotopic (exact) mass is 412 g/mol. The van der Waals surface area contributed by atoms with Crippen LogP contribution < -0.4 is 4.74 Å². The van der Waals surface area contributed by atoms with Gasteiger partial charge >= 0.3 is 0 Å². The summed E-state index contributed by atoms with van der Waals surface area (Å²) in [5.74, 6) is 1.03. The lowest BCUT2D eigenvalue weighted by Crippen LogP contribution is -1.88. The number of benzene rings is 3. The van der Waals surface area contributed by atoms with Crippen LogP contribution in [0.25, 0.3) is 0 Å². The summed E-state index contributed by atoms with van der Waals surface area (Å²) in [5.41, 5.74) is 0.775. The Hall–Kier alpha value is -2.91. The second-order valence-corrected chi connectivity index (χ2v) is 5.00. The highest BCUT2D eigenvalue weighted by atomic mass is 16.5. The molecule has 0 N–H and O–H groups in total. The molecule has 30 heavy (non-hydrogen) atoms. The van der Waals surface area contributed by atoms with Crippen molar-refractivity contribution in [1.82, 2.24) is 0 Å². The molecule has 0 saturated heterocycles. The predicted octanol–water partition coefficient (Wildman–Crippen LogP) is 7.59. The Morgan fingerprint density at radius 2 is 0.833 bits per heavy atom. The zero-order valence-electron chi connectivity index (χ0n) is 20.0. The van der Waals surface area contributed by atoms with Crippen LogP contribution in [0.5, 0.6) is 5.75 Å². The molecule has 0 aliphatic carbocycles. The summed E-state index contributed by atoms with van der Waals surface area (Å²) in [6.07, 6.45) is 0. The second kappa shape index (κ2) is 28.3. The number of Topliss-reactive ketones (excluding diaryl/α,β-unsaturated/α-hetero) is 1. The Morgan fingerprint density at radius 3 is 1.03 bits per heavy atom. The van der Waals surface area contributed by atoms with Crippen LogP contribution in [0.4, 0.5) is 0 Å². The standard InChI is InChI=1S/C8H8O.C7H8O.C6H6.C2H6O.2C2H6/c1-7(9)8-5-3-2-4-6-8;1-8-7-5-3-2-4-6-7;1-2-4-6-5-3-1;1-3-2;2*1-2/h2-6H,1H3;2-6H,1H3;1-6H;1-2H3;2*1-2H3. The number of para-hydroxylation sites is 1. The third kappa shape index (κ3) is 23.1. The van der Waals surface area contributed by atoms with Crippen LogP contribution in [0.3, 0.4) is 0 Å². The van der Waals surface area contributed by atoms with Gasteiger partial charge in [-0.3, -0.25) is 4.79 Å². The summed E-state index contributed by atoms with van der Waals surface area (Å²) < 4.78 is 9.16. The minimum Gasteiger partial charge on any atom is -0.497 e. The fraction of sp³-hybridized carbons (Fsp3) is 0.296. The van der Waals surface area contributed by atoms with Crippen molar-refractivity contribution in [1.29, 1.82) is 0 Å². The van der Waals surface area contributed by atoms with E-state index >= 15 is 0 Å². The van der Waals surface area contributed by atoms with Crippen molar-refractivity contribution in [2.24, 2.45) is 0 Å². The average molecular weight is 413 g/mol. The lowest BCUT2D eigenvalue weighted by molar-refractivity contribution is 0.101. The van der Waals surface area contributed by atoms with E-state index in [1.807, 2.05) is 125 Å². The van der Waals surface area contributed by atoms with Gasteiger partial charge in [-0.15, -0.1) is 0 Å². The largest absolute Gasteiger partial charge is 0.497 e. The van der Waals surface area contributed by atoms with Gasteiger partial charge in [-0.1, -0.05) is 113 Å². The quantitative estimate of drug-likeness (QED) is 0.407. The smallest absolute Gasteiger partial charge is 0.159 e. The van der Waals surface area contributed by atoms with Crippen molar-refractivity contribution in [3.63, 3.8) is 0 Å². The van der Waals surface area contributed by atoms with Crippen LogP contribution >= 0.6 is 0 Å². The number of carbonyl (C=O) groups excluding carboxylic acids is 1. The van der Waals surface area contributed by atoms with E-state index in [1.54, 1.807) is 28.3 Å². The van der Waals surface area contributed by atoms with Gasteiger partial charge in [0.1, 0.15) is 5.75 Å². The molecule has 0 radical (unpaired) electrons. The minimum absolute atomic E-state index is 0.121. The van der Waals surface area contributed by atoms with E-state index < -0.39 is 0 Å². The van der Waals surface area contributed by atoms with E-state index in [0.29, 0.717) is 0 Å². The number of methoxy groups -OCH3 is 2. The lowest BCUT2D eigenvalue weighted by atomic mass is 10.2. The summed E-state index contributed by atoms with van der Waals surface area (Å²) in [6.45, 7) is 9.56. The van der Waals surface area contributed by atoms with E-state index in [0.717, 1.165) is 11.3 Å². The Morgan fingerprint density at radius 1 is 0.567 bits per heavy atom. The van der Waals surface area contributed by atoms with Crippen molar-refractivity contribution in [2.45, 2.75) is 34.6 Å². The normalized spacial score (nSPS) is 7.60. The zero-order valence-corrected chi connectivity index (χ0v) is 20.0. The molecule has 0 unspecified atom stereocenters. The molecule has 3 heteroatoms. The van der Waals surface area contributed by atoms with Gasteiger partial charge in [-0.25, -0.2) is 0 Å². The van der Waals surface area contributed by atoms with Crippen molar-refractivity contribution >= 4 is 5.78 Å². The van der Waals surface area contributed by atoms with Gasteiger partial charge in [-0.2, -0.15) is 0 Å². The van der Waals surface area contributed by atoms with E-state index in [-0.39, 0.29) is 5.78 Å². The second-order valence-electron chi connectivity index (χ2n) is 5.00. The number of rotatable bonds is 2. The highest BCUT2D eigenvalue weighted by Gasteiger charge is 1.92. The molecule has 0 aliphatic rings. The summed E-state index contributed by atoms with van der Waals surface area (Å²) in [4.78, 5) is 10.6. The molecule has 0 heterocycles. The summed E-state index contributed by atoms with van der Waals surface area (Å²) >= 11 is 0. The van der Waals surface area contributed by atoms with Gasteiger partial charge in [0.25, 0.3) is 0 Å². The number of ketones is 1. The number of hydrogen-bond donors (Lipinski definition) is 0. The summed E-state index contributed by atoms with van der Waals surface area (Å²) in [7, 11) is 4.91. The van der Waals surface area contributed by atoms with E-state index in [4.69, 9.17) is 4.74 Å². The molecule has 3 rings (SSSR count). The van der Waals surface area contributed by atoms with Crippen molar-refractivity contribution in [2.75, 3.05) is 21.3 Å². The van der Waals surface area contributed by atoms with Crippen molar-refractivity contribution in [3.8, 4) is 5.75 Å². The molecule has 0 atom stereocenters. The summed E-state index contributed by atoms with van der Waals surface area (Å²) in [6, 6.07) is 30.9. The molecule has 3 aromatic carbocycles. The topological polar surface area (TPSA) is 35.5 Å². The third-order valence-electron chi connectivity index (χ3n) is 2.83. The first kappa shape index (κ1) is 31.8. The Balaban J connectivity index is -0.000000321. The first-order valence-electron chi connectivity index (χ1n) is 10.2. The van der Waals surface area contributed by atoms with Gasteiger partial charge in [0, 0.05) is 19.8 Å². The van der Waals surface area contributed by atoms with Crippen LogP contribution in [0.2, 0.25) is 0 Å². The zero-order chi connectivity index (χ0) is 23.5. The molecular weight excluding hydrogens is 372 g/mol. The first-order valence-corrected chi connectivity index (χ1v) is 10.2. The molecule has 0 aromatic heterocycles. The number of carbonyl (C=O) groups is 1. The van der Waals surface area contributed by atoms with Crippen LogP contribution in [-0.2, 0) is 4.74 Å². The molecule has 166 valence electrons. The Bertz CT molecular complexity index is 627. The maximum atomic E-state index is 10.6. The molecule has 0 spiro atoms. The van der Waals surface area contributed by atoms with Crippen molar-refractivity contribution in [3.05, 3.63) is 103 Å². The van der Waals surface area contributed by atoms with Crippen LogP contribution in [-0.4, -0.2) is 27.1 Å². The first-order chi connectivity index (χ1) is 14.7. The van der Waals surface area contributed by atoms with E-state index in [1.165, 1.54) is 0 Å². The van der Waals surface area contributed by atoms with Gasteiger partial charge < -0.3 is 9.47 Å². The highest BCUT2D eigenvalue weighted by molar-refractivity contribution is 5.93. The average Bonchev–Trinajstić information content (AvgIpc) is 2.85. The van der Waals surface area contributed by atoms with Gasteiger partial charge in [0.05, 0.1) is 7.11 Å². The number of ether oxygens (including phenoxy) is 2. The molecule has 3 aromatic rings. The van der Waals surface area contributed by atoms with Gasteiger partial charge in [-0.05, 0) is 19.1 Å². The maximum absolute atomic E-state index is 10.6. The van der Waals surface area contributed by atoms with E-state index in [9.17, 15) is 4.79 Å². The Kier molecular flexibility index (Phi) is 30.0. The fourth-order valence-electron chi connectivity index (χ4n) is 1.61. The molecule has 0 fully saturated rings. The maximum Gasteiger partial charge on any atom is 0.159 e. The predicted molar refractivity (Wildman–Crippen MR) is 132 cm³/mol. The lowest BCUT2D eigenvalue weighted by Gasteiger charge is -1.93. The molecule has 0 bridgehead atoms. The molecule has 0 aliphatic heterocycles. The van der Waals surface area contributed by atoms with Crippen molar-refractivity contribution < 1.29 is 14.3 Å². The fourth-order valence-corrected chi connectivity index (χ4v) is 1.61. The number of hydrogen-bond acceptors (Lipinski definition) is 3. The van der Waals surface area contributed by atoms with Crippen LogP contribution in [0, 0.1) is 0 Å². The Labute approximate surface area is 184 Å².